The lowest BCUT2D eigenvalue weighted by atomic mass is 10.1. The average molecular weight is 288 g/mol. The fourth-order valence-corrected chi connectivity index (χ4v) is 2.33. The number of fused-ring (bicyclic) bond motifs is 1. The van der Waals surface area contributed by atoms with E-state index >= 15 is 0 Å². The Morgan fingerprint density at radius 2 is 2.05 bits per heavy atom. The van der Waals surface area contributed by atoms with Gasteiger partial charge in [0.2, 0.25) is 5.89 Å². The highest BCUT2D eigenvalue weighted by Gasteiger charge is 2.11. The first-order valence-electron chi connectivity index (χ1n) is 5.94. The van der Waals surface area contributed by atoms with Crippen molar-refractivity contribution >= 4 is 28.7 Å². The van der Waals surface area contributed by atoms with Crippen molar-refractivity contribution in [2.45, 2.75) is 6.92 Å². The molecule has 0 unspecified atom stereocenters. The molecule has 0 saturated carbocycles. The van der Waals surface area contributed by atoms with Crippen molar-refractivity contribution in [1.82, 2.24) is 4.98 Å². The lowest BCUT2D eigenvalue weighted by molar-refractivity contribution is 0.0697. The number of aromatic carboxylic acids is 1. The van der Waals surface area contributed by atoms with Gasteiger partial charge in [-0.3, -0.25) is 0 Å². The normalized spacial score (nSPS) is 10.9. The first-order valence-corrected chi connectivity index (χ1v) is 6.32. The van der Waals surface area contributed by atoms with E-state index in [1.165, 1.54) is 12.1 Å². The molecule has 1 aromatic heterocycles. The van der Waals surface area contributed by atoms with Crippen LogP contribution < -0.4 is 0 Å². The summed E-state index contributed by atoms with van der Waals surface area (Å²) in [5.74, 6) is -0.573. The summed E-state index contributed by atoms with van der Waals surface area (Å²) in [5.41, 5.74) is 2.99. The van der Waals surface area contributed by atoms with Crippen molar-refractivity contribution in [3.63, 3.8) is 0 Å². The third kappa shape index (κ3) is 2.26. The minimum Gasteiger partial charge on any atom is -0.478 e. The van der Waals surface area contributed by atoms with Gasteiger partial charge in [-0.25, -0.2) is 9.78 Å². The summed E-state index contributed by atoms with van der Waals surface area (Å²) in [6.45, 7) is 1.93. The van der Waals surface area contributed by atoms with Crippen LogP contribution in [0.25, 0.3) is 22.6 Å². The van der Waals surface area contributed by atoms with E-state index in [0.29, 0.717) is 22.0 Å². The summed E-state index contributed by atoms with van der Waals surface area (Å²) in [5, 5.41) is 9.57. The van der Waals surface area contributed by atoms with Crippen LogP contribution in [0.5, 0.6) is 0 Å². The number of benzene rings is 2. The third-order valence-electron chi connectivity index (χ3n) is 2.92. The molecule has 0 aliphatic carbocycles. The molecule has 3 rings (SSSR count). The molecule has 0 atom stereocenters. The maximum Gasteiger partial charge on any atom is 0.335 e. The van der Waals surface area contributed by atoms with Gasteiger partial charge < -0.3 is 9.52 Å². The zero-order valence-electron chi connectivity index (χ0n) is 10.6. The largest absolute Gasteiger partial charge is 0.478 e. The number of hydrogen-bond acceptors (Lipinski definition) is 3. The van der Waals surface area contributed by atoms with Crippen LogP contribution in [0.1, 0.15) is 15.9 Å². The van der Waals surface area contributed by atoms with E-state index in [9.17, 15) is 4.79 Å². The molecule has 100 valence electrons. The van der Waals surface area contributed by atoms with Crippen molar-refractivity contribution < 1.29 is 14.3 Å². The van der Waals surface area contributed by atoms with Gasteiger partial charge in [-0.05, 0) is 48.9 Å². The Kier molecular flexibility index (Phi) is 2.95. The highest BCUT2D eigenvalue weighted by molar-refractivity contribution is 6.30. The highest BCUT2D eigenvalue weighted by atomic mass is 35.5. The molecule has 0 spiro atoms. The van der Waals surface area contributed by atoms with Crippen molar-refractivity contribution in [3.05, 3.63) is 52.5 Å². The predicted molar refractivity (Wildman–Crippen MR) is 76.2 cm³/mol. The minimum absolute atomic E-state index is 0.169. The molecule has 5 heteroatoms. The molecule has 1 N–H and O–H groups in total. The van der Waals surface area contributed by atoms with Crippen LogP contribution in [0, 0.1) is 6.92 Å². The van der Waals surface area contributed by atoms with E-state index in [-0.39, 0.29) is 5.56 Å². The molecule has 1 heterocycles. The number of rotatable bonds is 2. The topological polar surface area (TPSA) is 63.3 Å². The number of halogens is 1. The fourth-order valence-electron chi connectivity index (χ4n) is 2.04. The first kappa shape index (κ1) is 12.7. The number of hydrogen-bond donors (Lipinski definition) is 1. The Balaban J connectivity index is 2.15. The first-order chi connectivity index (χ1) is 9.52. The number of carboxylic acid groups (broad SMARTS) is 1. The molecule has 2 aromatic carbocycles. The average Bonchev–Trinajstić information content (AvgIpc) is 2.80. The Morgan fingerprint density at radius 1 is 1.25 bits per heavy atom. The van der Waals surface area contributed by atoms with Gasteiger partial charge >= 0.3 is 5.97 Å². The predicted octanol–water partition coefficient (Wildman–Crippen LogP) is 4.15. The fraction of sp³-hybridized carbons (Fsp3) is 0.0667. The maximum atomic E-state index is 10.9. The van der Waals surface area contributed by atoms with Crippen LogP contribution in [-0.2, 0) is 0 Å². The molecule has 0 aliphatic rings. The number of nitrogens with zero attached hydrogens (tertiary/aromatic N) is 1. The van der Waals surface area contributed by atoms with Crippen LogP contribution in [-0.4, -0.2) is 16.1 Å². The summed E-state index contributed by atoms with van der Waals surface area (Å²) in [6.07, 6.45) is 0. The van der Waals surface area contributed by atoms with Crippen LogP contribution >= 0.6 is 11.6 Å². The summed E-state index contributed by atoms with van der Waals surface area (Å²) >= 11 is 6.02. The molecular weight excluding hydrogens is 278 g/mol. The lowest BCUT2D eigenvalue weighted by Gasteiger charge is -1.99. The standard InChI is InChI=1S/C15H10ClNO3/c1-8-4-10(6-11(16)5-8)14-17-12-3-2-9(15(18)19)7-13(12)20-14/h2-7H,1H3,(H,18,19). The second kappa shape index (κ2) is 4.65. The molecule has 3 aromatic rings. The van der Waals surface area contributed by atoms with E-state index in [1.54, 1.807) is 12.1 Å². The van der Waals surface area contributed by atoms with Gasteiger partial charge in [0.1, 0.15) is 5.52 Å². The van der Waals surface area contributed by atoms with Gasteiger partial charge in [0.15, 0.2) is 5.58 Å². The second-order valence-corrected chi connectivity index (χ2v) is 4.96. The summed E-state index contributed by atoms with van der Waals surface area (Å²) < 4.78 is 5.62. The third-order valence-corrected chi connectivity index (χ3v) is 3.14. The number of oxazole rings is 1. The zero-order valence-corrected chi connectivity index (χ0v) is 11.3. The van der Waals surface area contributed by atoms with Gasteiger partial charge in [-0.1, -0.05) is 11.6 Å². The van der Waals surface area contributed by atoms with Crippen molar-refractivity contribution in [3.8, 4) is 11.5 Å². The van der Waals surface area contributed by atoms with E-state index in [2.05, 4.69) is 4.98 Å². The van der Waals surface area contributed by atoms with Crippen LogP contribution in [0.15, 0.2) is 40.8 Å². The molecule has 0 fully saturated rings. The SMILES string of the molecule is Cc1cc(Cl)cc(-c2nc3ccc(C(=O)O)cc3o2)c1. The summed E-state index contributed by atoms with van der Waals surface area (Å²) in [6, 6.07) is 10.1. The Labute approximate surface area is 119 Å². The van der Waals surface area contributed by atoms with Gasteiger partial charge in [-0.2, -0.15) is 0 Å². The minimum atomic E-state index is -0.997. The van der Waals surface area contributed by atoms with Crippen molar-refractivity contribution in [1.29, 1.82) is 0 Å². The highest BCUT2D eigenvalue weighted by Crippen LogP contribution is 2.27. The lowest BCUT2D eigenvalue weighted by Crippen LogP contribution is -1.94. The monoisotopic (exact) mass is 287 g/mol. The number of carbonyl (C=O) groups is 1. The van der Waals surface area contributed by atoms with Gasteiger partial charge in [0.25, 0.3) is 0 Å². The molecule has 0 amide bonds. The van der Waals surface area contributed by atoms with Crippen molar-refractivity contribution in [2.24, 2.45) is 0 Å². The van der Waals surface area contributed by atoms with Crippen LogP contribution in [0.3, 0.4) is 0 Å². The molecule has 0 aliphatic heterocycles. The summed E-state index contributed by atoms with van der Waals surface area (Å²) in [4.78, 5) is 15.3. The molecule has 0 bridgehead atoms. The molecule has 20 heavy (non-hydrogen) atoms. The van der Waals surface area contributed by atoms with E-state index in [0.717, 1.165) is 11.1 Å². The van der Waals surface area contributed by atoms with E-state index in [1.807, 2.05) is 19.1 Å². The van der Waals surface area contributed by atoms with E-state index < -0.39 is 5.97 Å². The van der Waals surface area contributed by atoms with Crippen LogP contribution in [0.4, 0.5) is 0 Å². The molecule has 0 saturated heterocycles. The number of carboxylic acids is 1. The van der Waals surface area contributed by atoms with Gasteiger partial charge in [0.05, 0.1) is 5.56 Å². The summed E-state index contributed by atoms with van der Waals surface area (Å²) in [7, 11) is 0. The Morgan fingerprint density at radius 3 is 2.75 bits per heavy atom. The molecular formula is C15H10ClNO3. The Bertz CT molecular complexity index is 803. The maximum absolute atomic E-state index is 10.9. The van der Waals surface area contributed by atoms with Crippen molar-refractivity contribution in [2.75, 3.05) is 0 Å². The Hall–Kier alpha value is -2.33. The molecule has 0 radical (unpaired) electrons. The quantitative estimate of drug-likeness (QED) is 0.769. The van der Waals surface area contributed by atoms with Gasteiger partial charge in [-0.15, -0.1) is 0 Å². The van der Waals surface area contributed by atoms with Gasteiger partial charge in [0, 0.05) is 10.6 Å². The smallest absolute Gasteiger partial charge is 0.335 e. The van der Waals surface area contributed by atoms with Crippen LogP contribution in [0.2, 0.25) is 5.02 Å². The zero-order chi connectivity index (χ0) is 14.3. The molecule has 4 nitrogen and oxygen atoms in total. The second-order valence-electron chi connectivity index (χ2n) is 4.52. The number of aryl methyl sites for hydroxylation is 1. The van der Waals surface area contributed by atoms with E-state index in [4.69, 9.17) is 21.1 Å². The number of aromatic nitrogens is 1.